The first kappa shape index (κ1) is 11.5. The fourth-order valence-corrected chi connectivity index (χ4v) is 1.77. The van der Waals surface area contributed by atoms with Gasteiger partial charge in [-0.05, 0) is 43.7 Å². The first-order valence-corrected chi connectivity index (χ1v) is 5.59. The van der Waals surface area contributed by atoms with Crippen LogP contribution in [-0.2, 0) is 4.79 Å². The second kappa shape index (κ2) is 6.05. The van der Waals surface area contributed by atoms with Gasteiger partial charge in [-0.15, -0.1) is 0 Å². The first-order valence-electron chi connectivity index (χ1n) is 4.80. The molecule has 0 aromatic carbocycles. The molecule has 0 atom stereocenters. The first-order chi connectivity index (χ1) is 6.72. The lowest BCUT2D eigenvalue weighted by Gasteiger charge is -2.28. The molecule has 0 unspecified atom stereocenters. The van der Waals surface area contributed by atoms with Gasteiger partial charge in [-0.2, -0.15) is 0 Å². The number of piperidine rings is 1. The second-order valence-electron chi connectivity index (χ2n) is 3.68. The molecule has 78 valence electrons. The van der Waals surface area contributed by atoms with Crippen molar-refractivity contribution in [1.29, 1.82) is 0 Å². The van der Waals surface area contributed by atoms with Gasteiger partial charge in [0.2, 0.25) is 0 Å². The highest BCUT2D eigenvalue weighted by Gasteiger charge is 2.16. The minimum atomic E-state index is -0.194. The van der Waals surface area contributed by atoms with Crippen LogP contribution in [0.15, 0.2) is 0 Å². The Balaban J connectivity index is 2.18. The van der Waals surface area contributed by atoms with Crippen LogP contribution >= 0.6 is 15.9 Å². The van der Waals surface area contributed by atoms with Crippen LogP contribution in [0.3, 0.4) is 0 Å². The van der Waals surface area contributed by atoms with Crippen molar-refractivity contribution in [2.75, 3.05) is 26.7 Å². The number of hydrogen-bond acceptors (Lipinski definition) is 2. The third-order valence-electron chi connectivity index (χ3n) is 2.55. The third-order valence-corrected chi connectivity index (χ3v) is 2.75. The predicted octanol–water partition coefficient (Wildman–Crippen LogP) is 0.800. The molecule has 1 aliphatic rings. The van der Waals surface area contributed by atoms with E-state index in [1.54, 1.807) is 0 Å². The number of carbonyl (C=O) groups excluding carboxylic acids is 1. The summed E-state index contributed by atoms with van der Waals surface area (Å²) in [6, 6.07) is 0. The molecule has 0 radical (unpaired) electrons. The average molecular weight is 259 g/mol. The number of nitrogens with zero attached hydrogens (tertiary/aromatic N) is 1. The van der Waals surface area contributed by atoms with Gasteiger partial charge in [0.25, 0.3) is 5.91 Å². The quantitative estimate of drug-likeness (QED) is 0.744. The van der Waals surface area contributed by atoms with Gasteiger partial charge in [0.1, 0.15) is 0 Å². The van der Waals surface area contributed by atoms with Crippen molar-refractivity contribution in [2.24, 2.45) is 5.92 Å². The fraction of sp³-hybridized carbons (Fsp3) is 0.700. The van der Waals surface area contributed by atoms with E-state index in [4.69, 9.17) is 0 Å². The summed E-state index contributed by atoms with van der Waals surface area (Å²) in [5.74, 6) is 2.82. The molecule has 1 saturated heterocycles. The predicted molar refractivity (Wildman–Crippen MR) is 59.9 cm³/mol. The highest BCUT2D eigenvalue weighted by Crippen LogP contribution is 2.14. The van der Waals surface area contributed by atoms with Crippen LogP contribution in [0.5, 0.6) is 0 Å². The summed E-state index contributed by atoms with van der Waals surface area (Å²) < 4.78 is 0. The number of carbonyl (C=O) groups is 1. The van der Waals surface area contributed by atoms with E-state index in [1.807, 2.05) is 0 Å². The molecule has 1 amide bonds. The maximum Gasteiger partial charge on any atom is 0.296 e. The van der Waals surface area contributed by atoms with Gasteiger partial charge in [0, 0.05) is 28.4 Å². The summed E-state index contributed by atoms with van der Waals surface area (Å²) in [6.45, 7) is 3.02. The lowest BCUT2D eigenvalue weighted by Crippen LogP contribution is -2.36. The summed E-state index contributed by atoms with van der Waals surface area (Å²) >= 11 is 2.90. The van der Waals surface area contributed by atoms with Crippen LogP contribution in [0.1, 0.15) is 12.8 Å². The summed E-state index contributed by atoms with van der Waals surface area (Å²) in [6.07, 6.45) is 2.33. The van der Waals surface area contributed by atoms with Gasteiger partial charge in [0.15, 0.2) is 0 Å². The zero-order valence-electron chi connectivity index (χ0n) is 8.35. The van der Waals surface area contributed by atoms with Gasteiger partial charge >= 0.3 is 0 Å². The third kappa shape index (κ3) is 4.12. The Bertz CT molecular complexity index is 249. The topological polar surface area (TPSA) is 32.3 Å². The lowest BCUT2D eigenvalue weighted by atomic mass is 9.97. The molecule has 1 heterocycles. The van der Waals surface area contributed by atoms with Crippen molar-refractivity contribution in [1.82, 2.24) is 10.2 Å². The molecule has 0 aliphatic carbocycles. The molecular formula is C10H15BrN2O. The largest absolute Gasteiger partial charge is 0.345 e. The van der Waals surface area contributed by atoms with Crippen molar-refractivity contribution in [3.05, 3.63) is 0 Å². The number of likely N-dealkylation sites (tertiary alicyclic amines) is 1. The summed E-state index contributed by atoms with van der Waals surface area (Å²) in [4.78, 5) is 15.7. The minimum Gasteiger partial charge on any atom is -0.345 e. The molecule has 0 spiro atoms. The maximum absolute atomic E-state index is 11.0. The van der Waals surface area contributed by atoms with Crippen molar-refractivity contribution in [2.45, 2.75) is 12.8 Å². The maximum atomic E-state index is 11.0. The van der Waals surface area contributed by atoms with Gasteiger partial charge in [0.05, 0.1) is 0 Å². The summed E-state index contributed by atoms with van der Waals surface area (Å²) in [5.41, 5.74) is 0. The highest BCUT2D eigenvalue weighted by atomic mass is 79.9. The molecule has 14 heavy (non-hydrogen) atoms. The molecule has 1 rings (SSSR count). The van der Waals surface area contributed by atoms with E-state index in [0.717, 1.165) is 19.6 Å². The van der Waals surface area contributed by atoms with E-state index in [0.29, 0.717) is 5.92 Å². The van der Waals surface area contributed by atoms with Crippen LogP contribution in [-0.4, -0.2) is 37.5 Å². The van der Waals surface area contributed by atoms with E-state index in [-0.39, 0.29) is 5.91 Å². The SMILES string of the molecule is CN1CCC(CNC(=O)C#CBr)CC1. The number of rotatable bonds is 2. The molecule has 1 aliphatic heterocycles. The van der Waals surface area contributed by atoms with Crippen LogP contribution in [0, 0.1) is 16.7 Å². The Morgan fingerprint density at radius 1 is 1.57 bits per heavy atom. The molecule has 0 saturated carbocycles. The number of amides is 1. The van der Waals surface area contributed by atoms with E-state index < -0.39 is 0 Å². The van der Waals surface area contributed by atoms with Gasteiger partial charge in [-0.1, -0.05) is 0 Å². The zero-order chi connectivity index (χ0) is 10.4. The van der Waals surface area contributed by atoms with Gasteiger partial charge in [-0.25, -0.2) is 0 Å². The Kier molecular flexibility index (Phi) is 4.99. The molecule has 3 nitrogen and oxygen atoms in total. The Labute approximate surface area is 93.4 Å². The normalized spacial score (nSPS) is 18.4. The molecule has 0 bridgehead atoms. The van der Waals surface area contributed by atoms with Crippen molar-refractivity contribution in [3.8, 4) is 10.8 Å². The van der Waals surface area contributed by atoms with Gasteiger partial charge < -0.3 is 10.2 Å². The van der Waals surface area contributed by atoms with E-state index in [1.165, 1.54) is 12.8 Å². The molecular weight excluding hydrogens is 244 g/mol. The van der Waals surface area contributed by atoms with Crippen LogP contribution in [0.2, 0.25) is 0 Å². The lowest BCUT2D eigenvalue weighted by molar-refractivity contribution is -0.115. The Morgan fingerprint density at radius 3 is 2.79 bits per heavy atom. The van der Waals surface area contributed by atoms with Crippen molar-refractivity contribution in [3.63, 3.8) is 0 Å². The smallest absolute Gasteiger partial charge is 0.296 e. The second-order valence-corrected chi connectivity index (χ2v) is 4.07. The molecule has 1 N–H and O–H groups in total. The molecule has 0 aromatic rings. The highest BCUT2D eigenvalue weighted by molar-refractivity contribution is 9.12. The van der Waals surface area contributed by atoms with Crippen LogP contribution in [0.4, 0.5) is 0 Å². The number of nitrogens with one attached hydrogen (secondary N) is 1. The monoisotopic (exact) mass is 258 g/mol. The van der Waals surface area contributed by atoms with Gasteiger partial charge in [-0.3, -0.25) is 4.79 Å². The standard InChI is InChI=1S/C10H15BrN2O/c1-13-6-3-9(4-7-13)8-12-10(14)2-5-11/h9H,3-4,6-8H2,1H3,(H,12,14). The number of halogens is 1. The minimum absolute atomic E-state index is 0.194. The van der Waals surface area contributed by atoms with E-state index in [2.05, 4.69) is 43.9 Å². The van der Waals surface area contributed by atoms with Crippen LogP contribution in [0.25, 0.3) is 0 Å². The molecule has 4 heteroatoms. The summed E-state index contributed by atoms with van der Waals surface area (Å²) in [7, 11) is 2.13. The summed E-state index contributed by atoms with van der Waals surface area (Å²) in [5, 5.41) is 2.81. The van der Waals surface area contributed by atoms with Crippen molar-refractivity contribution < 1.29 is 4.79 Å². The molecule has 1 fully saturated rings. The van der Waals surface area contributed by atoms with E-state index >= 15 is 0 Å². The molecule has 0 aromatic heterocycles. The fourth-order valence-electron chi connectivity index (χ4n) is 1.59. The van der Waals surface area contributed by atoms with Crippen molar-refractivity contribution >= 4 is 21.8 Å². The number of hydrogen-bond donors (Lipinski definition) is 1. The van der Waals surface area contributed by atoms with E-state index in [9.17, 15) is 4.79 Å². The zero-order valence-corrected chi connectivity index (χ0v) is 9.93. The average Bonchev–Trinajstić information content (AvgIpc) is 2.17. The van der Waals surface area contributed by atoms with Crippen LogP contribution < -0.4 is 5.32 Å². The Morgan fingerprint density at radius 2 is 2.21 bits per heavy atom. The Hall–Kier alpha value is -0.530.